The largest absolute Gasteiger partial charge is 0.323 e. The summed E-state index contributed by atoms with van der Waals surface area (Å²) in [6, 6.07) is 12.9. The van der Waals surface area contributed by atoms with Crippen molar-refractivity contribution in [2.75, 3.05) is 18.9 Å². The monoisotopic (exact) mass is 482 g/mol. The third kappa shape index (κ3) is 4.61. The van der Waals surface area contributed by atoms with Gasteiger partial charge in [0.05, 0.1) is 33.5 Å². The van der Waals surface area contributed by atoms with Crippen molar-refractivity contribution in [2.45, 2.75) is 4.90 Å². The molecule has 0 atom stereocenters. The second-order valence-electron chi connectivity index (χ2n) is 5.88. The Bertz CT molecular complexity index is 1100. The average molecular weight is 484 g/mol. The molecule has 7 nitrogen and oxygen atoms in total. The molecule has 3 aromatic rings. The fourth-order valence-electron chi connectivity index (χ4n) is 2.48. The fourth-order valence-corrected chi connectivity index (χ4v) is 4.01. The van der Waals surface area contributed by atoms with Gasteiger partial charge < -0.3 is 5.32 Å². The zero-order chi connectivity index (χ0) is 20.3. The van der Waals surface area contributed by atoms with Gasteiger partial charge in [-0.1, -0.05) is 23.7 Å². The van der Waals surface area contributed by atoms with Gasteiger partial charge in [0.15, 0.2) is 0 Å². The van der Waals surface area contributed by atoms with E-state index in [1.165, 1.54) is 31.3 Å². The standard InChI is InChI=1S/C18H16BrClN4O3S/c1-23(28(26,27)15-8-6-14(20)7-9-15)12-18(25)22-16-4-2-3-5-17(16)24-11-13(19)10-21-24/h2-11H,12H2,1H3,(H,22,25). The second kappa shape index (κ2) is 8.44. The van der Waals surface area contributed by atoms with E-state index in [1.807, 2.05) is 6.07 Å². The first kappa shape index (κ1) is 20.5. The normalized spacial score (nSPS) is 11.6. The summed E-state index contributed by atoms with van der Waals surface area (Å²) in [6.07, 6.45) is 3.38. The lowest BCUT2D eigenvalue weighted by Gasteiger charge is -2.18. The molecule has 0 radical (unpaired) electrons. The molecule has 10 heteroatoms. The van der Waals surface area contributed by atoms with Crippen LogP contribution in [0.2, 0.25) is 5.02 Å². The van der Waals surface area contributed by atoms with E-state index in [4.69, 9.17) is 11.6 Å². The first-order valence-corrected chi connectivity index (χ1v) is 10.7. The molecule has 2 aromatic carbocycles. The van der Waals surface area contributed by atoms with Crippen LogP contribution in [-0.2, 0) is 14.8 Å². The van der Waals surface area contributed by atoms with Crippen molar-refractivity contribution in [3.05, 3.63) is 70.4 Å². The number of anilines is 1. The molecule has 146 valence electrons. The van der Waals surface area contributed by atoms with Crippen LogP contribution >= 0.6 is 27.5 Å². The first-order chi connectivity index (χ1) is 13.3. The second-order valence-corrected chi connectivity index (χ2v) is 9.28. The summed E-state index contributed by atoms with van der Waals surface area (Å²) in [5.74, 6) is -0.473. The molecule has 0 aliphatic heterocycles. The van der Waals surface area contributed by atoms with Crippen molar-refractivity contribution in [1.82, 2.24) is 14.1 Å². The smallest absolute Gasteiger partial charge is 0.243 e. The molecule has 28 heavy (non-hydrogen) atoms. The lowest BCUT2D eigenvalue weighted by Crippen LogP contribution is -2.35. The number of carbonyl (C=O) groups excluding carboxylic acids is 1. The maximum Gasteiger partial charge on any atom is 0.243 e. The SMILES string of the molecule is CN(CC(=O)Nc1ccccc1-n1cc(Br)cn1)S(=O)(=O)c1ccc(Cl)cc1. The Kier molecular flexibility index (Phi) is 6.19. The molecule has 1 heterocycles. The average Bonchev–Trinajstić information content (AvgIpc) is 3.08. The Morgan fingerprint density at radius 3 is 2.54 bits per heavy atom. The van der Waals surface area contributed by atoms with Crippen LogP contribution in [0.15, 0.2) is 70.3 Å². The summed E-state index contributed by atoms with van der Waals surface area (Å²) in [4.78, 5) is 12.5. The number of benzene rings is 2. The zero-order valence-electron chi connectivity index (χ0n) is 14.7. The third-order valence-electron chi connectivity index (χ3n) is 3.86. The molecule has 0 spiro atoms. The summed E-state index contributed by atoms with van der Waals surface area (Å²) in [6.45, 7) is -0.345. The van der Waals surface area contributed by atoms with Gasteiger partial charge in [0.25, 0.3) is 0 Å². The van der Waals surface area contributed by atoms with Gasteiger partial charge in [-0.25, -0.2) is 13.1 Å². The van der Waals surface area contributed by atoms with E-state index in [-0.39, 0.29) is 11.4 Å². The highest BCUT2D eigenvalue weighted by Crippen LogP contribution is 2.22. The van der Waals surface area contributed by atoms with Crippen LogP contribution in [0.5, 0.6) is 0 Å². The van der Waals surface area contributed by atoms with Gasteiger partial charge in [-0.05, 0) is 52.3 Å². The maximum atomic E-state index is 12.6. The minimum absolute atomic E-state index is 0.0639. The molecule has 0 unspecified atom stereocenters. The topological polar surface area (TPSA) is 84.3 Å². The summed E-state index contributed by atoms with van der Waals surface area (Å²) < 4.78 is 28.6. The van der Waals surface area contributed by atoms with Gasteiger partial charge in [-0.2, -0.15) is 9.40 Å². The number of amides is 1. The number of likely N-dealkylation sites (N-methyl/N-ethyl adjacent to an activating group) is 1. The molecule has 0 saturated carbocycles. The van der Waals surface area contributed by atoms with Gasteiger partial charge in [-0.15, -0.1) is 0 Å². The van der Waals surface area contributed by atoms with Crippen molar-refractivity contribution in [1.29, 1.82) is 0 Å². The fraction of sp³-hybridized carbons (Fsp3) is 0.111. The van der Waals surface area contributed by atoms with Crippen LogP contribution in [0, 0.1) is 0 Å². The predicted octanol–water partition coefficient (Wildman–Crippen LogP) is 3.55. The van der Waals surface area contributed by atoms with Crippen LogP contribution in [0.25, 0.3) is 5.69 Å². The van der Waals surface area contributed by atoms with Crippen LogP contribution in [0.1, 0.15) is 0 Å². The first-order valence-electron chi connectivity index (χ1n) is 8.09. The van der Waals surface area contributed by atoms with E-state index in [0.717, 1.165) is 8.78 Å². The Hall–Kier alpha value is -2.20. The summed E-state index contributed by atoms with van der Waals surface area (Å²) in [5, 5.41) is 7.37. The molecule has 1 aromatic heterocycles. The van der Waals surface area contributed by atoms with Gasteiger partial charge in [0.1, 0.15) is 0 Å². The van der Waals surface area contributed by atoms with Crippen molar-refractivity contribution < 1.29 is 13.2 Å². The summed E-state index contributed by atoms with van der Waals surface area (Å²) >= 11 is 9.13. The van der Waals surface area contributed by atoms with Crippen LogP contribution < -0.4 is 5.32 Å². The van der Waals surface area contributed by atoms with Crippen LogP contribution in [0.3, 0.4) is 0 Å². The molecule has 0 fully saturated rings. The number of para-hydroxylation sites is 2. The zero-order valence-corrected chi connectivity index (χ0v) is 17.9. The number of hydrogen-bond donors (Lipinski definition) is 1. The Balaban J connectivity index is 1.75. The highest BCUT2D eigenvalue weighted by molar-refractivity contribution is 9.10. The number of carbonyl (C=O) groups is 1. The Morgan fingerprint density at radius 1 is 1.21 bits per heavy atom. The molecule has 0 saturated heterocycles. The summed E-state index contributed by atoms with van der Waals surface area (Å²) in [5.41, 5.74) is 1.17. The minimum Gasteiger partial charge on any atom is -0.323 e. The predicted molar refractivity (Wildman–Crippen MR) is 111 cm³/mol. The number of nitrogens with one attached hydrogen (secondary N) is 1. The molecular formula is C18H16BrClN4O3S. The summed E-state index contributed by atoms with van der Waals surface area (Å²) in [7, 11) is -2.46. The number of nitrogens with zero attached hydrogens (tertiary/aromatic N) is 3. The lowest BCUT2D eigenvalue weighted by atomic mass is 10.2. The van der Waals surface area contributed by atoms with Crippen molar-refractivity contribution in [3.63, 3.8) is 0 Å². The Labute approximate surface area is 176 Å². The number of sulfonamides is 1. The number of rotatable bonds is 6. The van der Waals surface area contributed by atoms with Crippen molar-refractivity contribution in [2.24, 2.45) is 0 Å². The quantitative estimate of drug-likeness (QED) is 0.581. The lowest BCUT2D eigenvalue weighted by molar-refractivity contribution is -0.116. The van der Waals surface area contributed by atoms with Gasteiger partial charge in [0.2, 0.25) is 15.9 Å². The number of hydrogen-bond acceptors (Lipinski definition) is 4. The minimum atomic E-state index is -3.81. The van der Waals surface area contributed by atoms with Crippen molar-refractivity contribution in [3.8, 4) is 5.69 Å². The Morgan fingerprint density at radius 2 is 1.89 bits per heavy atom. The van der Waals surface area contributed by atoms with Gasteiger partial charge >= 0.3 is 0 Å². The van der Waals surface area contributed by atoms with E-state index in [9.17, 15) is 13.2 Å². The van der Waals surface area contributed by atoms with E-state index >= 15 is 0 Å². The highest BCUT2D eigenvalue weighted by atomic mass is 79.9. The van der Waals surface area contributed by atoms with Crippen LogP contribution in [0.4, 0.5) is 5.69 Å². The van der Waals surface area contributed by atoms with E-state index in [1.54, 1.807) is 35.3 Å². The molecular weight excluding hydrogens is 468 g/mol. The number of halogens is 2. The van der Waals surface area contributed by atoms with Gasteiger partial charge in [0, 0.05) is 18.3 Å². The highest BCUT2D eigenvalue weighted by Gasteiger charge is 2.23. The van der Waals surface area contributed by atoms with Gasteiger partial charge in [-0.3, -0.25) is 4.79 Å². The molecule has 0 aliphatic rings. The van der Waals surface area contributed by atoms with E-state index < -0.39 is 15.9 Å². The van der Waals surface area contributed by atoms with E-state index in [0.29, 0.717) is 16.4 Å². The van der Waals surface area contributed by atoms with Crippen LogP contribution in [-0.4, -0.2) is 42.0 Å². The third-order valence-corrected chi connectivity index (χ3v) is 6.34. The maximum absolute atomic E-state index is 12.6. The van der Waals surface area contributed by atoms with E-state index in [2.05, 4.69) is 26.3 Å². The van der Waals surface area contributed by atoms with Crippen molar-refractivity contribution >= 4 is 49.1 Å². The molecule has 0 aliphatic carbocycles. The molecule has 1 amide bonds. The molecule has 1 N–H and O–H groups in total. The molecule has 0 bridgehead atoms. The number of aromatic nitrogens is 2. The molecule has 3 rings (SSSR count).